The maximum atomic E-state index is 9.65. The number of fused-ring (bicyclic) bond motifs is 1. The second-order valence-corrected chi connectivity index (χ2v) is 9.21. The molecule has 9 heteroatoms. The zero-order valence-corrected chi connectivity index (χ0v) is 19.0. The highest BCUT2D eigenvalue weighted by Crippen LogP contribution is 2.40. The number of halogens is 2. The second-order valence-electron chi connectivity index (χ2n) is 7.26. The number of nitrogens with one attached hydrogen (secondary N) is 1. The molecule has 0 radical (unpaired) electrons. The summed E-state index contributed by atoms with van der Waals surface area (Å²) in [4.78, 5) is 10.5. The number of methoxy groups -OCH3 is 1. The second kappa shape index (κ2) is 8.96. The van der Waals surface area contributed by atoms with Crippen molar-refractivity contribution in [1.29, 1.82) is 5.26 Å². The van der Waals surface area contributed by atoms with Crippen LogP contribution in [-0.2, 0) is 6.54 Å². The fraction of sp³-hybridized carbons (Fsp3) is 0.333. The molecule has 0 saturated carbocycles. The van der Waals surface area contributed by atoms with Crippen molar-refractivity contribution in [3.63, 3.8) is 0 Å². The van der Waals surface area contributed by atoms with Crippen LogP contribution in [0.5, 0.6) is 5.75 Å². The number of hydrogen-bond acceptors (Lipinski definition) is 7. The standard InChI is InChI=1S/C21H21Cl2N5OS/c1-27-3-5-28(6-4-27)12-14-7-18-21(30-14)20(13(10-24)11-25-18)26-17-9-19(29-2)16(23)8-15(17)22/h7-9,11H,3-6,12H2,1-2H3,(H,25,26). The van der Waals surface area contributed by atoms with Crippen LogP contribution in [-0.4, -0.2) is 55.1 Å². The molecule has 1 N–H and O–H groups in total. The van der Waals surface area contributed by atoms with Crippen molar-refractivity contribution in [3.8, 4) is 11.8 Å². The minimum Gasteiger partial charge on any atom is -0.495 e. The van der Waals surface area contributed by atoms with Gasteiger partial charge in [0.05, 0.1) is 44.3 Å². The molecule has 0 bridgehead atoms. The largest absolute Gasteiger partial charge is 0.495 e. The number of nitriles is 1. The van der Waals surface area contributed by atoms with Crippen molar-refractivity contribution in [3.05, 3.63) is 44.9 Å². The van der Waals surface area contributed by atoms with Gasteiger partial charge in [-0.25, -0.2) is 0 Å². The van der Waals surface area contributed by atoms with Gasteiger partial charge in [0.25, 0.3) is 0 Å². The first-order valence-electron chi connectivity index (χ1n) is 9.51. The number of thiophene rings is 1. The normalized spacial score (nSPS) is 15.3. The van der Waals surface area contributed by atoms with E-state index < -0.39 is 0 Å². The van der Waals surface area contributed by atoms with Gasteiger partial charge in [0.1, 0.15) is 11.8 Å². The molecule has 0 unspecified atom stereocenters. The first kappa shape index (κ1) is 21.2. The summed E-state index contributed by atoms with van der Waals surface area (Å²) >= 11 is 14.2. The predicted octanol–water partition coefficient (Wildman–Crippen LogP) is 4.97. The molecule has 1 aliphatic heterocycles. The van der Waals surface area contributed by atoms with Crippen molar-refractivity contribution < 1.29 is 4.74 Å². The number of hydrogen-bond donors (Lipinski definition) is 1. The van der Waals surface area contributed by atoms with Gasteiger partial charge in [-0.3, -0.25) is 9.88 Å². The monoisotopic (exact) mass is 461 g/mol. The summed E-state index contributed by atoms with van der Waals surface area (Å²) in [7, 11) is 3.70. The van der Waals surface area contributed by atoms with Gasteiger partial charge in [-0.1, -0.05) is 23.2 Å². The van der Waals surface area contributed by atoms with Gasteiger partial charge < -0.3 is 15.0 Å². The maximum Gasteiger partial charge on any atom is 0.139 e. The SMILES string of the molecule is COc1cc(Nc2c(C#N)cnc3cc(CN4CCN(C)CC4)sc23)c(Cl)cc1Cl. The Morgan fingerprint density at radius 2 is 1.97 bits per heavy atom. The Balaban J connectivity index is 1.68. The highest BCUT2D eigenvalue weighted by molar-refractivity contribution is 7.19. The van der Waals surface area contributed by atoms with Gasteiger partial charge >= 0.3 is 0 Å². The lowest BCUT2D eigenvalue weighted by molar-refractivity contribution is 0.149. The molecule has 0 spiro atoms. The number of piperazine rings is 1. The average molecular weight is 462 g/mol. The summed E-state index contributed by atoms with van der Waals surface area (Å²) in [6, 6.07) is 7.69. The van der Waals surface area contributed by atoms with Gasteiger partial charge in [-0.15, -0.1) is 11.3 Å². The van der Waals surface area contributed by atoms with Crippen molar-refractivity contribution in [2.45, 2.75) is 6.54 Å². The van der Waals surface area contributed by atoms with Crippen LogP contribution in [0.25, 0.3) is 10.2 Å². The lowest BCUT2D eigenvalue weighted by Gasteiger charge is -2.31. The molecule has 1 fully saturated rings. The minimum atomic E-state index is 0.430. The van der Waals surface area contributed by atoms with Gasteiger partial charge in [0, 0.05) is 49.9 Å². The summed E-state index contributed by atoms with van der Waals surface area (Å²) in [6.07, 6.45) is 1.60. The summed E-state index contributed by atoms with van der Waals surface area (Å²) in [5.74, 6) is 0.509. The Hall–Kier alpha value is -2.08. The fourth-order valence-corrected chi connectivity index (χ4v) is 5.12. The molecular weight excluding hydrogens is 441 g/mol. The van der Waals surface area contributed by atoms with Crippen LogP contribution in [0, 0.1) is 11.3 Å². The number of likely N-dealkylation sites (N-methyl/N-ethyl adjacent to an activating group) is 1. The average Bonchev–Trinajstić information content (AvgIpc) is 3.14. The molecule has 0 amide bonds. The van der Waals surface area contributed by atoms with E-state index in [1.807, 2.05) is 0 Å². The van der Waals surface area contributed by atoms with E-state index in [0.717, 1.165) is 42.9 Å². The molecular formula is C21H21Cl2N5OS. The first-order chi connectivity index (χ1) is 14.5. The lowest BCUT2D eigenvalue weighted by Crippen LogP contribution is -2.43. The number of benzene rings is 1. The Morgan fingerprint density at radius 1 is 1.20 bits per heavy atom. The molecule has 2 aromatic heterocycles. The van der Waals surface area contributed by atoms with Crippen LogP contribution in [0.1, 0.15) is 10.4 Å². The van der Waals surface area contributed by atoms with E-state index >= 15 is 0 Å². The van der Waals surface area contributed by atoms with Crippen molar-refractivity contribution in [1.82, 2.24) is 14.8 Å². The third-order valence-corrected chi connectivity index (χ3v) is 6.92. The van der Waals surface area contributed by atoms with E-state index in [9.17, 15) is 5.26 Å². The molecule has 3 heterocycles. The Kier molecular flexibility index (Phi) is 6.32. The number of anilines is 2. The molecule has 6 nitrogen and oxygen atoms in total. The quantitative estimate of drug-likeness (QED) is 0.578. The number of ether oxygens (including phenoxy) is 1. The van der Waals surface area contributed by atoms with Crippen LogP contribution in [0.2, 0.25) is 10.0 Å². The zero-order chi connectivity index (χ0) is 21.3. The van der Waals surface area contributed by atoms with Crippen LogP contribution in [0.15, 0.2) is 24.4 Å². The molecule has 4 rings (SSSR count). The van der Waals surface area contributed by atoms with E-state index in [4.69, 9.17) is 27.9 Å². The number of aromatic nitrogens is 1. The van der Waals surface area contributed by atoms with Gasteiger partial charge in [0.2, 0.25) is 0 Å². The van der Waals surface area contributed by atoms with Gasteiger partial charge in [-0.05, 0) is 19.2 Å². The topological polar surface area (TPSA) is 64.4 Å². The molecule has 0 atom stereocenters. The lowest BCUT2D eigenvalue weighted by atomic mass is 10.2. The van der Waals surface area contributed by atoms with Crippen LogP contribution >= 0.6 is 34.5 Å². The Labute approximate surface area is 189 Å². The molecule has 3 aromatic rings. The van der Waals surface area contributed by atoms with Crippen molar-refractivity contribution in [2.75, 3.05) is 45.7 Å². The van der Waals surface area contributed by atoms with E-state index in [-0.39, 0.29) is 0 Å². The number of nitrogens with zero attached hydrogens (tertiary/aromatic N) is 4. The zero-order valence-electron chi connectivity index (χ0n) is 16.7. The molecule has 1 aromatic carbocycles. The first-order valence-corrected chi connectivity index (χ1v) is 11.1. The molecule has 156 valence electrons. The summed E-state index contributed by atoms with van der Waals surface area (Å²) in [5, 5.41) is 13.8. The van der Waals surface area contributed by atoms with Crippen molar-refractivity contribution in [2.24, 2.45) is 0 Å². The fourth-order valence-electron chi connectivity index (χ4n) is 3.46. The summed E-state index contributed by atoms with van der Waals surface area (Å²) < 4.78 is 6.24. The van der Waals surface area contributed by atoms with Crippen LogP contribution < -0.4 is 10.1 Å². The van der Waals surface area contributed by atoms with Crippen LogP contribution in [0.4, 0.5) is 11.4 Å². The highest BCUT2D eigenvalue weighted by Gasteiger charge is 2.18. The predicted molar refractivity (Wildman–Crippen MR) is 123 cm³/mol. The van der Waals surface area contributed by atoms with Crippen molar-refractivity contribution >= 4 is 56.1 Å². The summed E-state index contributed by atoms with van der Waals surface area (Å²) in [6.45, 7) is 5.13. The Bertz CT molecular complexity index is 1120. The molecule has 1 aliphatic rings. The van der Waals surface area contributed by atoms with E-state index in [1.54, 1.807) is 36.8 Å². The minimum absolute atomic E-state index is 0.430. The molecule has 30 heavy (non-hydrogen) atoms. The van der Waals surface area contributed by atoms with Gasteiger partial charge in [-0.2, -0.15) is 5.26 Å². The maximum absolute atomic E-state index is 9.65. The third-order valence-electron chi connectivity index (χ3n) is 5.19. The van der Waals surface area contributed by atoms with E-state index in [2.05, 4.69) is 39.3 Å². The smallest absolute Gasteiger partial charge is 0.139 e. The number of pyridine rings is 1. The Morgan fingerprint density at radius 3 is 2.67 bits per heavy atom. The van der Waals surface area contributed by atoms with E-state index in [0.29, 0.717) is 32.7 Å². The number of rotatable bonds is 5. The molecule has 1 saturated heterocycles. The third kappa shape index (κ3) is 4.34. The van der Waals surface area contributed by atoms with E-state index in [1.165, 1.54) is 4.88 Å². The molecule has 0 aliphatic carbocycles. The van der Waals surface area contributed by atoms with Crippen LogP contribution in [0.3, 0.4) is 0 Å². The highest BCUT2D eigenvalue weighted by atomic mass is 35.5. The summed E-state index contributed by atoms with van der Waals surface area (Å²) in [5.41, 5.74) is 2.64. The van der Waals surface area contributed by atoms with Gasteiger partial charge in [0.15, 0.2) is 0 Å².